The number of hydrogen-bond donors (Lipinski definition) is 3. The lowest BCUT2D eigenvalue weighted by atomic mass is 10.0. The molecule has 0 saturated heterocycles. The minimum atomic E-state index is -3.48. The zero-order valence-corrected chi connectivity index (χ0v) is 13.9. The molecule has 0 fully saturated rings. The predicted octanol–water partition coefficient (Wildman–Crippen LogP) is 2.16. The van der Waals surface area contributed by atoms with Crippen LogP contribution in [0.1, 0.15) is 33.6 Å². The highest BCUT2D eigenvalue weighted by molar-refractivity contribution is 7.89. The molecule has 0 spiro atoms. The lowest BCUT2D eigenvalue weighted by molar-refractivity contribution is 0.508. The Morgan fingerprint density at radius 2 is 1.90 bits per heavy atom. The van der Waals surface area contributed by atoms with Gasteiger partial charge in [-0.1, -0.05) is 32.9 Å². The van der Waals surface area contributed by atoms with Crippen molar-refractivity contribution in [1.82, 2.24) is 4.72 Å². The fourth-order valence-corrected chi connectivity index (χ4v) is 3.41. The number of rotatable bonds is 9. The van der Waals surface area contributed by atoms with E-state index in [1.807, 2.05) is 13.0 Å². The van der Waals surface area contributed by atoms with Gasteiger partial charge < -0.3 is 11.1 Å². The minimum Gasteiger partial charge on any atom is -0.382 e. The third kappa shape index (κ3) is 6.03. The fraction of sp³-hybridized carbons (Fsp3) is 0.600. The maximum Gasteiger partial charge on any atom is 0.242 e. The van der Waals surface area contributed by atoms with E-state index in [0.717, 1.165) is 12.8 Å². The van der Waals surface area contributed by atoms with Crippen molar-refractivity contribution >= 4 is 15.7 Å². The van der Waals surface area contributed by atoms with Crippen LogP contribution in [0.5, 0.6) is 0 Å². The van der Waals surface area contributed by atoms with E-state index < -0.39 is 10.0 Å². The van der Waals surface area contributed by atoms with Crippen molar-refractivity contribution in [3.63, 3.8) is 0 Å². The Morgan fingerprint density at radius 3 is 2.52 bits per heavy atom. The molecule has 0 aliphatic rings. The first kappa shape index (κ1) is 17.9. The topological polar surface area (TPSA) is 84.2 Å². The monoisotopic (exact) mass is 313 g/mol. The molecule has 6 heteroatoms. The van der Waals surface area contributed by atoms with Gasteiger partial charge in [0.2, 0.25) is 10.0 Å². The van der Waals surface area contributed by atoms with E-state index >= 15 is 0 Å². The Morgan fingerprint density at radius 1 is 1.24 bits per heavy atom. The van der Waals surface area contributed by atoms with Crippen LogP contribution >= 0.6 is 0 Å². The third-order valence-corrected chi connectivity index (χ3v) is 4.57. The van der Waals surface area contributed by atoms with Crippen molar-refractivity contribution in [2.24, 2.45) is 11.7 Å². The zero-order chi connectivity index (χ0) is 15.9. The molecule has 1 rings (SSSR count). The van der Waals surface area contributed by atoms with Crippen LogP contribution in [0.3, 0.4) is 0 Å². The molecule has 0 radical (unpaired) electrons. The summed E-state index contributed by atoms with van der Waals surface area (Å²) in [5, 5.41) is 3.16. The molecule has 0 heterocycles. The highest BCUT2D eigenvalue weighted by atomic mass is 32.2. The Hall–Kier alpha value is -1.11. The molecule has 0 aliphatic carbocycles. The summed E-state index contributed by atoms with van der Waals surface area (Å²) in [5.41, 5.74) is 6.63. The van der Waals surface area contributed by atoms with Crippen molar-refractivity contribution in [2.75, 3.05) is 18.4 Å². The average molecular weight is 313 g/mol. The van der Waals surface area contributed by atoms with Gasteiger partial charge in [0.1, 0.15) is 4.90 Å². The molecular formula is C15H27N3O2S. The van der Waals surface area contributed by atoms with E-state index in [2.05, 4.69) is 23.9 Å². The first-order valence-electron chi connectivity index (χ1n) is 7.45. The zero-order valence-electron chi connectivity index (χ0n) is 13.1. The Balaban J connectivity index is 2.80. The summed E-state index contributed by atoms with van der Waals surface area (Å²) in [6, 6.07) is 6.91. The van der Waals surface area contributed by atoms with Crippen LogP contribution in [-0.4, -0.2) is 27.5 Å². The van der Waals surface area contributed by atoms with E-state index in [-0.39, 0.29) is 10.9 Å². The molecule has 5 nitrogen and oxygen atoms in total. The van der Waals surface area contributed by atoms with Crippen LogP contribution in [0, 0.1) is 5.92 Å². The molecule has 0 aliphatic heterocycles. The summed E-state index contributed by atoms with van der Waals surface area (Å²) in [5.74, 6) is 0.520. The number of nitrogens with one attached hydrogen (secondary N) is 2. The summed E-state index contributed by atoms with van der Waals surface area (Å²) in [6.07, 6.45) is 1.66. The molecule has 1 atom stereocenters. The van der Waals surface area contributed by atoms with Crippen molar-refractivity contribution in [1.29, 1.82) is 0 Å². The SMILES string of the molecule is CCCNS(=O)(=O)c1ccccc1NCC(N)CC(C)C. The maximum absolute atomic E-state index is 12.3. The molecule has 0 saturated carbocycles. The number of para-hydroxylation sites is 1. The molecule has 1 aromatic carbocycles. The summed E-state index contributed by atoms with van der Waals surface area (Å²) < 4.78 is 27.1. The second kappa shape index (κ2) is 8.36. The van der Waals surface area contributed by atoms with Gasteiger partial charge in [0.05, 0.1) is 5.69 Å². The molecule has 0 bridgehead atoms. The van der Waals surface area contributed by atoms with E-state index in [9.17, 15) is 8.42 Å². The number of benzene rings is 1. The van der Waals surface area contributed by atoms with Gasteiger partial charge >= 0.3 is 0 Å². The van der Waals surface area contributed by atoms with E-state index in [4.69, 9.17) is 5.73 Å². The van der Waals surface area contributed by atoms with E-state index in [1.165, 1.54) is 0 Å². The minimum absolute atomic E-state index is 0.00404. The molecule has 0 aromatic heterocycles. The van der Waals surface area contributed by atoms with Crippen molar-refractivity contribution in [3.05, 3.63) is 24.3 Å². The van der Waals surface area contributed by atoms with Gasteiger partial charge in [0.15, 0.2) is 0 Å². The van der Waals surface area contributed by atoms with Crippen LogP contribution < -0.4 is 15.8 Å². The Bertz CT molecular complexity index is 529. The van der Waals surface area contributed by atoms with Crippen molar-refractivity contribution in [3.8, 4) is 0 Å². The van der Waals surface area contributed by atoms with Gasteiger partial charge in [-0.15, -0.1) is 0 Å². The van der Waals surface area contributed by atoms with Crippen molar-refractivity contribution in [2.45, 2.75) is 44.6 Å². The summed E-state index contributed by atoms with van der Waals surface area (Å²) in [6.45, 7) is 7.15. The number of sulfonamides is 1. The van der Waals surface area contributed by atoms with Crippen LogP contribution in [0.2, 0.25) is 0 Å². The normalized spacial score (nSPS) is 13.4. The fourth-order valence-electron chi connectivity index (χ4n) is 2.09. The number of hydrogen-bond acceptors (Lipinski definition) is 4. The van der Waals surface area contributed by atoms with E-state index in [0.29, 0.717) is 24.7 Å². The summed E-state index contributed by atoms with van der Waals surface area (Å²) in [7, 11) is -3.48. The number of nitrogens with two attached hydrogens (primary N) is 1. The molecule has 0 amide bonds. The lowest BCUT2D eigenvalue weighted by Gasteiger charge is -2.17. The van der Waals surface area contributed by atoms with Crippen LogP contribution in [0.4, 0.5) is 5.69 Å². The smallest absolute Gasteiger partial charge is 0.242 e. The number of anilines is 1. The van der Waals surface area contributed by atoms with Crippen LogP contribution in [0.25, 0.3) is 0 Å². The molecule has 4 N–H and O–H groups in total. The van der Waals surface area contributed by atoms with Gasteiger partial charge in [-0.25, -0.2) is 13.1 Å². The molecule has 1 aromatic rings. The molecular weight excluding hydrogens is 286 g/mol. The van der Waals surface area contributed by atoms with Gasteiger partial charge in [0, 0.05) is 19.1 Å². The Labute approximate surface area is 128 Å². The second-order valence-electron chi connectivity index (χ2n) is 5.66. The molecule has 21 heavy (non-hydrogen) atoms. The van der Waals surface area contributed by atoms with E-state index in [1.54, 1.807) is 18.2 Å². The van der Waals surface area contributed by atoms with Crippen molar-refractivity contribution < 1.29 is 8.42 Å². The molecule has 120 valence electrons. The average Bonchev–Trinajstić information content (AvgIpc) is 2.42. The predicted molar refractivity (Wildman–Crippen MR) is 87.8 cm³/mol. The lowest BCUT2D eigenvalue weighted by Crippen LogP contribution is -2.31. The molecule has 1 unspecified atom stereocenters. The summed E-state index contributed by atoms with van der Waals surface area (Å²) in [4.78, 5) is 0.273. The van der Waals surface area contributed by atoms with Gasteiger partial charge in [-0.2, -0.15) is 0 Å². The van der Waals surface area contributed by atoms with Gasteiger partial charge in [0.25, 0.3) is 0 Å². The Kier molecular flexibility index (Phi) is 7.14. The first-order valence-corrected chi connectivity index (χ1v) is 8.93. The van der Waals surface area contributed by atoms with Gasteiger partial charge in [-0.3, -0.25) is 0 Å². The third-order valence-electron chi connectivity index (χ3n) is 3.05. The second-order valence-corrected chi connectivity index (χ2v) is 7.40. The standard InChI is InChI=1S/C15H27N3O2S/c1-4-9-18-21(19,20)15-8-6-5-7-14(15)17-11-13(16)10-12(2)3/h5-8,12-13,17-18H,4,9-11,16H2,1-3H3. The maximum atomic E-state index is 12.3. The van der Waals surface area contributed by atoms with Crippen LogP contribution in [-0.2, 0) is 10.0 Å². The highest BCUT2D eigenvalue weighted by Crippen LogP contribution is 2.20. The largest absolute Gasteiger partial charge is 0.382 e. The van der Waals surface area contributed by atoms with Crippen LogP contribution in [0.15, 0.2) is 29.2 Å². The quantitative estimate of drug-likeness (QED) is 0.652. The first-order chi connectivity index (χ1) is 9.86. The van der Waals surface area contributed by atoms with Gasteiger partial charge in [-0.05, 0) is 30.9 Å². The summed E-state index contributed by atoms with van der Waals surface area (Å²) >= 11 is 0. The highest BCUT2D eigenvalue weighted by Gasteiger charge is 2.17.